The average Bonchev–Trinajstić information content (AvgIpc) is 2.33. The van der Waals surface area contributed by atoms with E-state index in [0.717, 1.165) is 24.2 Å². The summed E-state index contributed by atoms with van der Waals surface area (Å²) in [5.74, 6) is 0.103. The van der Waals surface area contributed by atoms with Crippen LogP contribution in [0.3, 0.4) is 0 Å². The van der Waals surface area contributed by atoms with E-state index in [1.54, 1.807) is 6.92 Å². The van der Waals surface area contributed by atoms with Gasteiger partial charge in [0, 0.05) is 12.2 Å². The zero-order valence-electron chi connectivity index (χ0n) is 10.9. The summed E-state index contributed by atoms with van der Waals surface area (Å²) >= 11 is 0. The van der Waals surface area contributed by atoms with Crippen molar-refractivity contribution in [2.75, 3.05) is 24.7 Å². The molecule has 0 aliphatic heterocycles. The second kappa shape index (κ2) is 6.72. The van der Waals surface area contributed by atoms with Gasteiger partial charge in [-0.05, 0) is 37.5 Å². The van der Waals surface area contributed by atoms with E-state index >= 15 is 0 Å². The summed E-state index contributed by atoms with van der Waals surface area (Å²) in [6.07, 6.45) is 0.842. The third-order valence-electron chi connectivity index (χ3n) is 2.72. The minimum absolute atomic E-state index is 0.103. The maximum absolute atomic E-state index is 11.1. The predicted octanol–water partition coefficient (Wildman–Crippen LogP) is 0.606. The molecule has 0 atom stereocenters. The molecular weight excluding hydrogens is 250 g/mol. The van der Waals surface area contributed by atoms with Gasteiger partial charge in [0.25, 0.3) is 0 Å². The molecule has 4 N–H and O–H groups in total. The topological polar surface area (TPSA) is 84.2 Å². The first-order valence-electron chi connectivity index (χ1n) is 5.97. The first-order chi connectivity index (χ1) is 8.44. The van der Waals surface area contributed by atoms with Crippen LogP contribution < -0.4 is 15.8 Å². The van der Waals surface area contributed by atoms with E-state index in [4.69, 9.17) is 5.73 Å². The predicted molar refractivity (Wildman–Crippen MR) is 74.8 cm³/mol. The van der Waals surface area contributed by atoms with Crippen LogP contribution in [-0.4, -0.2) is 27.4 Å². The first-order valence-corrected chi connectivity index (χ1v) is 7.63. The lowest BCUT2D eigenvalue weighted by atomic mass is 10.1. The zero-order valence-corrected chi connectivity index (χ0v) is 11.7. The molecule has 1 rings (SSSR count). The molecule has 102 valence electrons. The third kappa shape index (κ3) is 5.03. The molecule has 5 nitrogen and oxygen atoms in total. The van der Waals surface area contributed by atoms with Crippen molar-refractivity contribution >= 4 is 15.7 Å². The second-order valence-electron chi connectivity index (χ2n) is 4.17. The van der Waals surface area contributed by atoms with Crippen LogP contribution in [0.4, 0.5) is 5.69 Å². The minimum Gasteiger partial charge on any atom is -0.399 e. The minimum atomic E-state index is -3.11. The van der Waals surface area contributed by atoms with Crippen LogP contribution in [0.2, 0.25) is 0 Å². The summed E-state index contributed by atoms with van der Waals surface area (Å²) < 4.78 is 24.8. The maximum Gasteiger partial charge on any atom is 0.212 e. The molecule has 0 spiro atoms. The molecule has 0 heterocycles. The normalized spacial score (nSPS) is 11.7. The van der Waals surface area contributed by atoms with Crippen molar-refractivity contribution in [3.05, 3.63) is 29.3 Å². The molecule has 6 heteroatoms. The van der Waals surface area contributed by atoms with E-state index in [9.17, 15) is 8.42 Å². The molecule has 0 bridgehead atoms. The van der Waals surface area contributed by atoms with E-state index in [2.05, 4.69) is 10.0 Å². The number of anilines is 1. The Morgan fingerprint density at radius 3 is 2.67 bits per heavy atom. The van der Waals surface area contributed by atoms with E-state index in [1.165, 1.54) is 5.56 Å². The number of benzene rings is 1. The Morgan fingerprint density at radius 1 is 1.33 bits per heavy atom. The summed E-state index contributed by atoms with van der Waals surface area (Å²) in [4.78, 5) is 0. The largest absolute Gasteiger partial charge is 0.399 e. The highest BCUT2D eigenvalue weighted by atomic mass is 32.2. The highest BCUT2D eigenvalue weighted by molar-refractivity contribution is 7.89. The van der Waals surface area contributed by atoms with Crippen LogP contribution in [0, 0.1) is 6.92 Å². The average molecular weight is 271 g/mol. The molecule has 0 fully saturated rings. The lowest BCUT2D eigenvalue weighted by molar-refractivity contribution is 0.571. The van der Waals surface area contributed by atoms with Gasteiger partial charge in [-0.2, -0.15) is 0 Å². The maximum atomic E-state index is 11.1. The first kappa shape index (κ1) is 14.9. The highest BCUT2D eigenvalue weighted by Crippen LogP contribution is 2.12. The smallest absolute Gasteiger partial charge is 0.212 e. The Bertz CT molecular complexity index is 486. The summed E-state index contributed by atoms with van der Waals surface area (Å²) in [5.41, 5.74) is 8.79. The molecule has 0 radical (unpaired) electrons. The fraction of sp³-hybridized carbons (Fsp3) is 0.500. The highest BCUT2D eigenvalue weighted by Gasteiger charge is 2.03. The monoisotopic (exact) mass is 271 g/mol. The summed E-state index contributed by atoms with van der Waals surface area (Å²) in [5, 5.41) is 3.04. The van der Waals surface area contributed by atoms with Crippen molar-refractivity contribution < 1.29 is 8.42 Å². The Kier molecular flexibility index (Phi) is 5.58. The van der Waals surface area contributed by atoms with E-state index < -0.39 is 10.0 Å². The van der Waals surface area contributed by atoms with Crippen LogP contribution in [0.15, 0.2) is 18.2 Å². The number of nitrogens with two attached hydrogens (primary N) is 1. The van der Waals surface area contributed by atoms with Gasteiger partial charge < -0.3 is 11.1 Å². The van der Waals surface area contributed by atoms with Gasteiger partial charge in [-0.15, -0.1) is 0 Å². The van der Waals surface area contributed by atoms with Gasteiger partial charge >= 0.3 is 0 Å². The number of nitrogens with one attached hydrogen (secondary N) is 2. The zero-order chi connectivity index (χ0) is 13.6. The lowest BCUT2D eigenvalue weighted by Crippen LogP contribution is -2.35. The Balaban J connectivity index is 2.28. The van der Waals surface area contributed by atoms with Crippen molar-refractivity contribution in [1.29, 1.82) is 0 Å². The summed E-state index contributed by atoms with van der Waals surface area (Å²) in [6.45, 7) is 4.57. The molecule has 1 aromatic rings. The van der Waals surface area contributed by atoms with Gasteiger partial charge in [-0.25, -0.2) is 13.1 Å². The standard InChI is InChI=1S/C12H21N3O2S/c1-3-18(16,17)15-9-14-7-6-11-4-5-12(13)10(2)8-11/h4-5,8,14-15H,3,6-7,9,13H2,1-2H3. The fourth-order valence-corrected chi connectivity index (χ4v) is 2.00. The molecular formula is C12H21N3O2S. The second-order valence-corrected chi connectivity index (χ2v) is 6.26. The van der Waals surface area contributed by atoms with Crippen molar-refractivity contribution in [2.45, 2.75) is 20.3 Å². The van der Waals surface area contributed by atoms with Gasteiger partial charge in [-0.3, -0.25) is 0 Å². The van der Waals surface area contributed by atoms with Crippen molar-refractivity contribution in [2.24, 2.45) is 0 Å². The van der Waals surface area contributed by atoms with Gasteiger partial charge in [0.1, 0.15) is 0 Å². The molecule has 0 aliphatic rings. The summed E-state index contributed by atoms with van der Waals surface area (Å²) in [7, 11) is -3.11. The Labute approximate surface area is 109 Å². The SMILES string of the molecule is CCS(=O)(=O)NCNCCc1ccc(N)c(C)c1. The van der Waals surface area contributed by atoms with Crippen molar-refractivity contribution in [3.63, 3.8) is 0 Å². The van der Waals surface area contributed by atoms with E-state index in [1.807, 2.05) is 25.1 Å². The molecule has 0 unspecified atom stereocenters. The molecule has 0 aliphatic carbocycles. The van der Waals surface area contributed by atoms with Crippen LogP contribution in [0.5, 0.6) is 0 Å². The number of sulfonamides is 1. The molecule has 18 heavy (non-hydrogen) atoms. The summed E-state index contributed by atoms with van der Waals surface area (Å²) in [6, 6.07) is 5.93. The molecule has 0 saturated heterocycles. The number of rotatable bonds is 7. The molecule has 0 aromatic heterocycles. The fourth-order valence-electron chi connectivity index (χ4n) is 1.48. The van der Waals surface area contributed by atoms with E-state index in [-0.39, 0.29) is 12.4 Å². The molecule has 1 aromatic carbocycles. The number of nitrogen functional groups attached to an aromatic ring is 1. The van der Waals surface area contributed by atoms with Gasteiger partial charge in [-0.1, -0.05) is 12.1 Å². The van der Waals surface area contributed by atoms with Gasteiger partial charge in [0.15, 0.2) is 0 Å². The van der Waals surface area contributed by atoms with Crippen LogP contribution in [0.1, 0.15) is 18.1 Å². The number of hydrogen-bond donors (Lipinski definition) is 3. The van der Waals surface area contributed by atoms with Crippen LogP contribution >= 0.6 is 0 Å². The lowest BCUT2D eigenvalue weighted by Gasteiger charge is -2.08. The van der Waals surface area contributed by atoms with Crippen molar-refractivity contribution in [1.82, 2.24) is 10.0 Å². The van der Waals surface area contributed by atoms with Gasteiger partial charge in [0.2, 0.25) is 10.0 Å². The Hall–Kier alpha value is -1.11. The van der Waals surface area contributed by atoms with Gasteiger partial charge in [0.05, 0.1) is 12.4 Å². The molecule has 0 amide bonds. The third-order valence-corrected chi connectivity index (χ3v) is 4.07. The van der Waals surface area contributed by atoms with Crippen LogP contribution in [-0.2, 0) is 16.4 Å². The quantitative estimate of drug-likeness (QED) is 0.385. The Morgan fingerprint density at radius 2 is 2.06 bits per heavy atom. The van der Waals surface area contributed by atoms with E-state index in [0.29, 0.717) is 0 Å². The molecule has 0 saturated carbocycles. The van der Waals surface area contributed by atoms with Crippen LogP contribution in [0.25, 0.3) is 0 Å². The number of aryl methyl sites for hydroxylation is 1. The van der Waals surface area contributed by atoms with Crippen molar-refractivity contribution in [3.8, 4) is 0 Å². The number of hydrogen-bond acceptors (Lipinski definition) is 4.